The summed E-state index contributed by atoms with van der Waals surface area (Å²) in [6.07, 6.45) is 2.69. The van der Waals surface area contributed by atoms with E-state index < -0.39 is 0 Å². The van der Waals surface area contributed by atoms with Crippen LogP contribution in [0.1, 0.15) is 28.4 Å². The molecule has 4 heteroatoms. The molecule has 0 radical (unpaired) electrons. The smallest absolute Gasteiger partial charge is 0.0956 e. The lowest BCUT2D eigenvalue weighted by Gasteiger charge is -2.26. The molecule has 0 bridgehead atoms. The minimum atomic E-state index is -0.216. The fourth-order valence-electron chi connectivity index (χ4n) is 2.20. The van der Waals surface area contributed by atoms with Gasteiger partial charge < -0.3 is 10.4 Å². The molecule has 2 N–H and O–H groups in total. The lowest BCUT2D eigenvalue weighted by molar-refractivity contribution is 0.0890. The molecule has 2 heterocycles. The second kappa shape index (κ2) is 5.25. The maximum absolute atomic E-state index is 10.2. The van der Waals surface area contributed by atoms with Gasteiger partial charge in [-0.15, -0.1) is 11.3 Å². The Morgan fingerprint density at radius 1 is 1.44 bits per heavy atom. The molecule has 1 aliphatic heterocycles. The van der Waals surface area contributed by atoms with Gasteiger partial charge in [-0.1, -0.05) is 0 Å². The van der Waals surface area contributed by atoms with Crippen LogP contribution in [0.3, 0.4) is 0 Å². The lowest BCUT2D eigenvalue weighted by Crippen LogP contribution is -2.34. The number of hydrogen-bond acceptors (Lipinski definition) is 4. The molecule has 1 aliphatic rings. The van der Waals surface area contributed by atoms with Crippen molar-refractivity contribution < 1.29 is 5.11 Å². The minimum absolute atomic E-state index is 0.216. The highest BCUT2D eigenvalue weighted by Gasteiger charge is 2.22. The van der Waals surface area contributed by atoms with Gasteiger partial charge in [-0.05, 0) is 45.7 Å². The average molecular weight is 240 g/mol. The molecule has 1 aromatic heterocycles. The van der Waals surface area contributed by atoms with Crippen molar-refractivity contribution in [2.45, 2.75) is 39.2 Å². The lowest BCUT2D eigenvalue weighted by atomic mass is 9.91. The maximum Gasteiger partial charge on any atom is 0.0956 e. The van der Waals surface area contributed by atoms with Crippen molar-refractivity contribution in [2.24, 2.45) is 5.92 Å². The van der Waals surface area contributed by atoms with E-state index in [2.05, 4.69) is 17.2 Å². The minimum Gasteiger partial charge on any atom is -0.392 e. The van der Waals surface area contributed by atoms with Gasteiger partial charge in [0.2, 0.25) is 0 Å². The number of hydrogen-bond donors (Lipinski definition) is 2. The molecule has 1 unspecified atom stereocenters. The van der Waals surface area contributed by atoms with Gasteiger partial charge in [0.1, 0.15) is 0 Å². The summed E-state index contributed by atoms with van der Waals surface area (Å²) in [6.45, 7) is 6.20. The van der Waals surface area contributed by atoms with E-state index in [-0.39, 0.29) is 6.10 Å². The molecule has 3 nitrogen and oxygen atoms in total. The third kappa shape index (κ3) is 2.81. The maximum atomic E-state index is 10.2. The van der Waals surface area contributed by atoms with Crippen molar-refractivity contribution in [2.75, 3.05) is 13.1 Å². The van der Waals surface area contributed by atoms with Gasteiger partial charge in [0, 0.05) is 11.3 Å². The number of aliphatic hydroxyl groups excluding tert-OH is 1. The van der Waals surface area contributed by atoms with Crippen LogP contribution < -0.4 is 5.32 Å². The Bertz CT molecular complexity index is 325. The average Bonchev–Trinajstić information content (AvgIpc) is 2.59. The van der Waals surface area contributed by atoms with E-state index >= 15 is 0 Å². The van der Waals surface area contributed by atoms with Gasteiger partial charge in [0.25, 0.3) is 0 Å². The topological polar surface area (TPSA) is 45.2 Å². The first-order valence-corrected chi connectivity index (χ1v) is 6.80. The monoisotopic (exact) mass is 240 g/mol. The number of piperidine rings is 1. The van der Waals surface area contributed by atoms with Crippen molar-refractivity contribution in [3.05, 3.63) is 15.6 Å². The van der Waals surface area contributed by atoms with Gasteiger partial charge in [0.15, 0.2) is 0 Å². The number of rotatable bonds is 3. The van der Waals surface area contributed by atoms with Gasteiger partial charge in [0.05, 0.1) is 16.8 Å². The zero-order chi connectivity index (χ0) is 11.5. The molecule has 1 saturated heterocycles. The molecule has 16 heavy (non-hydrogen) atoms. The third-order valence-corrected chi connectivity index (χ3v) is 4.48. The zero-order valence-electron chi connectivity index (χ0n) is 9.99. The summed E-state index contributed by atoms with van der Waals surface area (Å²) in [5, 5.41) is 14.6. The van der Waals surface area contributed by atoms with Gasteiger partial charge in [-0.3, -0.25) is 0 Å². The molecule has 90 valence electrons. The summed E-state index contributed by atoms with van der Waals surface area (Å²) in [5.41, 5.74) is 1.11. The van der Waals surface area contributed by atoms with Crippen molar-refractivity contribution in [1.82, 2.24) is 10.3 Å². The molecule has 1 aromatic rings. The van der Waals surface area contributed by atoms with E-state index in [1.165, 1.54) is 4.88 Å². The van der Waals surface area contributed by atoms with Gasteiger partial charge in [-0.25, -0.2) is 4.98 Å². The normalized spacial score (nSPS) is 19.9. The molecule has 0 aromatic carbocycles. The van der Waals surface area contributed by atoms with Crippen LogP contribution >= 0.6 is 11.3 Å². The number of nitrogens with one attached hydrogen (secondary N) is 1. The largest absolute Gasteiger partial charge is 0.392 e. The van der Waals surface area contributed by atoms with Crippen molar-refractivity contribution in [3.8, 4) is 0 Å². The van der Waals surface area contributed by atoms with Crippen LogP contribution in [0.15, 0.2) is 0 Å². The molecular formula is C12H20N2OS. The van der Waals surface area contributed by atoms with Crippen LogP contribution in [0.5, 0.6) is 0 Å². The van der Waals surface area contributed by atoms with E-state index in [1.54, 1.807) is 11.3 Å². The number of aryl methyl sites for hydroxylation is 2. The zero-order valence-corrected chi connectivity index (χ0v) is 10.8. The SMILES string of the molecule is Cc1nc(CC(O)C2CCNCC2)sc1C. The molecular weight excluding hydrogens is 220 g/mol. The summed E-state index contributed by atoms with van der Waals surface area (Å²) < 4.78 is 0. The van der Waals surface area contributed by atoms with Crippen LogP contribution in [-0.2, 0) is 6.42 Å². The predicted octanol–water partition coefficient (Wildman–Crippen LogP) is 1.66. The van der Waals surface area contributed by atoms with E-state index in [0.717, 1.165) is 43.1 Å². The molecule has 1 fully saturated rings. The number of aromatic nitrogens is 1. The van der Waals surface area contributed by atoms with Crippen LogP contribution in [0.4, 0.5) is 0 Å². The Morgan fingerprint density at radius 3 is 2.69 bits per heavy atom. The Morgan fingerprint density at radius 2 is 2.12 bits per heavy atom. The first-order chi connectivity index (χ1) is 7.66. The summed E-state index contributed by atoms with van der Waals surface area (Å²) in [5.74, 6) is 0.450. The third-order valence-electron chi connectivity index (χ3n) is 3.38. The molecule has 0 saturated carbocycles. The van der Waals surface area contributed by atoms with E-state index in [9.17, 15) is 5.11 Å². The molecule has 0 aliphatic carbocycles. The first kappa shape index (κ1) is 12.0. The fraction of sp³-hybridized carbons (Fsp3) is 0.750. The van der Waals surface area contributed by atoms with E-state index in [0.29, 0.717) is 5.92 Å². The molecule has 2 rings (SSSR count). The number of nitrogens with zero attached hydrogens (tertiary/aromatic N) is 1. The number of aliphatic hydroxyl groups is 1. The van der Waals surface area contributed by atoms with E-state index in [1.807, 2.05) is 6.92 Å². The summed E-state index contributed by atoms with van der Waals surface area (Å²) in [7, 11) is 0. The summed E-state index contributed by atoms with van der Waals surface area (Å²) in [6, 6.07) is 0. The highest BCUT2D eigenvalue weighted by Crippen LogP contribution is 2.23. The van der Waals surface area contributed by atoms with Crippen molar-refractivity contribution >= 4 is 11.3 Å². The predicted molar refractivity (Wildman–Crippen MR) is 66.9 cm³/mol. The molecule has 0 spiro atoms. The van der Waals surface area contributed by atoms with Crippen LogP contribution in [0.25, 0.3) is 0 Å². The highest BCUT2D eigenvalue weighted by atomic mass is 32.1. The number of thiazole rings is 1. The second-order valence-corrected chi connectivity index (χ2v) is 5.90. The standard InChI is InChI=1S/C12H20N2OS/c1-8-9(2)16-12(14-8)7-11(15)10-3-5-13-6-4-10/h10-11,13,15H,3-7H2,1-2H3. The van der Waals surface area contributed by atoms with Crippen molar-refractivity contribution in [1.29, 1.82) is 0 Å². The van der Waals surface area contributed by atoms with Gasteiger partial charge in [-0.2, -0.15) is 0 Å². The van der Waals surface area contributed by atoms with E-state index in [4.69, 9.17) is 0 Å². The Hall–Kier alpha value is -0.450. The van der Waals surface area contributed by atoms with Crippen molar-refractivity contribution in [3.63, 3.8) is 0 Å². The summed E-state index contributed by atoms with van der Waals surface area (Å²) >= 11 is 1.72. The van der Waals surface area contributed by atoms with Crippen LogP contribution in [-0.4, -0.2) is 29.3 Å². The quantitative estimate of drug-likeness (QED) is 0.844. The Labute approximate surface area is 101 Å². The highest BCUT2D eigenvalue weighted by molar-refractivity contribution is 7.11. The molecule has 1 atom stereocenters. The first-order valence-electron chi connectivity index (χ1n) is 5.98. The van der Waals surface area contributed by atoms with Crippen LogP contribution in [0, 0.1) is 19.8 Å². The Balaban J connectivity index is 1.93. The van der Waals surface area contributed by atoms with Crippen LogP contribution in [0.2, 0.25) is 0 Å². The Kier molecular flexibility index (Phi) is 3.95. The van der Waals surface area contributed by atoms with Gasteiger partial charge >= 0.3 is 0 Å². The molecule has 0 amide bonds. The fourth-order valence-corrected chi connectivity index (χ4v) is 3.18. The summed E-state index contributed by atoms with van der Waals surface area (Å²) in [4.78, 5) is 5.76. The second-order valence-electron chi connectivity index (χ2n) is 4.61.